The molecule has 1 saturated heterocycles. The van der Waals surface area contributed by atoms with Crippen LogP contribution in [0.25, 0.3) is 11.3 Å². The Kier molecular flexibility index (Phi) is 4.65. The van der Waals surface area contributed by atoms with E-state index in [0.29, 0.717) is 24.3 Å². The summed E-state index contributed by atoms with van der Waals surface area (Å²) in [4.78, 5) is 18.4. The van der Waals surface area contributed by atoms with Gasteiger partial charge in [-0.1, -0.05) is 44.2 Å². The monoisotopic (exact) mass is 313 g/mol. The van der Waals surface area contributed by atoms with Crippen molar-refractivity contribution >= 4 is 6.03 Å². The van der Waals surface area contributed by atoms with Gasteiger partial charge in [-0.05, 0) is 18.3 Å². The molecule has 3 rings (SSSR count). The highest BCUT2D eigenvalue weighted by Crippen LogP contribution is 2.21. The minimum atomic E-state index is -0.0390. The van der Waals surface area contributed by atoms with Gasteiger partial charge in [0.1, 0.15) is 0 Å². The molecule has 2 unspecified atom stereocenters. The molecule has 1 aromatic carbocycles. The summed E-state index contributed by atoms with van der Waals surface area (Å²) < 4.78 is 5.71. The smallest absolute Gasteiger partial charge is 0.317 e. The van der Waals surface area contributed by atoms with E-state index < -0.39 is 0 Å². The van der Waals surface area contributed by atoms with Crippen LogP contribution in [0.3, 0.4) is 0 Å². The molecular formula is C18H23N3O2. The molecule has 2 aromatic rings. The highest BCUT2D eigenvalue weighted by molar-refractivity contribution is 5.74. The lowest BCUT2D eigenvalue weighted by molar-refractivity contribution is 0.145. The van der Waals surface area contributed by atoms with Crippen LogP contribution in [0.4, 0.5) is 4.79 Å². The lowest BCUT2D eigenvalue weighted by atomic mass is 9.92. The number of amides is 2. The molecule has 2 amide bonds. The zero-order chi connectivity index (χ0) is 16.2. The van der Waals surface area contributed by atoms with Crippen molar-refractivity contribution in [2.45, 2.75) is 26.8 Å². The third-order valence-corrected chi connectivity index (χ3v) is 4.16. The van der Waals surface area contributed by atoms with Crippen molar-refractivity contribution in [3.05, 3.63) is 42.4 Å². The number of aromatic nitrogens is 1. The number of hydrogen-bond acceptors (Lipinski definition) is 3. The summed E-state index contributed by atoms with van der Waals surface area (Å²) >= 11 is 0. The molecule has 0 radical (unpaired) electrons. The van der Waals surface area contributed by atoms with Gasteiger partial charge in [0.2, 0.25) is 5.89 Å². The van der Waals surface area contributed by atoms with Crippen LogP contribution >= 0.6 is 0 Å². The van der Waals surface area contributed by atoms with Gasteiger partial charge < -0.3 is 14.6 Å². The molecule has 0 bridgehead atoms. The molecule has 0 spiro atoms. The van der Waals surface area contributed by atoms with Crippen LogP contribution in [-0.2, 0) is 6.54 Å². The van der Waals surface area contributed by atoms with Crippen LogP contribution in [0.5, 0.6) is 0 Å². The Hall–Kier alpha value is -2.30. The quantitative estimate of drug-likeness (QED) is 0.943. The van der Waals surface area contributed by atoms with Gasteiger partial charge in [0.25, 0.3) is 0 Å². The van der Waals surface area contributed by atoms with E-state index in [0.717, 1.165) is 24.4 Å². The third-order valence-electron chi connectivity index (χ3n) is 4.16. The Balaban J connectivity index is 1.56. The molecule has 23 heavy (non-hydrogen) atoms. The summed E-state index contributed by atoms with van der Waals surface area (Å²) in [6.45, 7) is 6.32. The standard InChI is InChI=1S/C18H23N3O2/c1-13-8-14(2)12-21(11-13)18(22)20-10-17-19-9-16(23-17)15-6-4-3-5-7-15/h3-7,9,13-14H,8,10-12H2,1-2H3,(H,20,22). The topological polar surface area (TPSA) is 58.4 Å². The van der Waals surface area contributed by atoms with Gasteiger partial charge >= 0.3 is 6.03 Å². The summed E-state index contributed by atoms with van der Waals surface area (Å²) in [5.41, 5.74) is 0.983. The number of likely N-dealkylation sites (tertiary alicyclic amines) is 1. The van der Waals surface area contributed by atoms with E-state index in [4.69, 9.17) is 4.42 Å². The number of urea groups is 1. The second-order valence-electron chi connectivity index (χ2n) is 6.49. The minimum absolute atomic E-state index is 0.0390. The second-order valence-corrected chi connectivity index (χ2v) is 6.49. The normalized spacial score (nSPS) is 21.2. The number of benzene rings is 1. The van der Waals surface area contributed by atoms with Crippen LogP contribution in [0.2, 0.25) is 0 Å². The van der Waals surface area contributed by atoms with Crippen LogP contribution in [0.15, 0.2) is 40.9 Å². The number of hydrogen-bond donors (Lipinski definition) is 1. The average molecular weight is 313 g/mol. The maximum atomic E-state index is 12.3. The largest absolute Gasteiger partial charge is 0.439 e. The summed E-state index contributed by atoms with van der Waals surface area (Å²) in [6, 6.07) is 9.78. The molecule has 1 aromatic heterocycles. The second kappa shape index (κ2) is 6.86. The molecule has 5 nitrogen and oxygen atoms in total. The SMILES string of the molecule is CC1CC(C)CN(C(=O)NCc2ncc(-c3ccccc3)o2)C1. The molecule has 1 fully saturated rings. The summed E-state index contributed by atoms with van der Waals surface area (Å²) in [5.74, 6) is 2.34. The van der Waals surface area contributed by atoms with Crippen LogP contribution in [0.1, 0.15) is 26.2 Å². The Morgan fingerprint density at radius 2 is 1.96 bits per heavy atom. The number of carbonyl (C=O) groups excluding carboxylic acids is 1. The molecule has 1 N–H and O–H groups in total. The fourth-order valence-electron chi connectivity index (χ4n) is 3.22. The van der Waals surface area contributed by atoms with Gasteiger partial charge in [-0.25, -0.2) is 9.78 Å². The first-order chi connectivity index (χ1) is 11.1. The zero-order valence-corrected chi connectivity index (χ0v) is 13.7. The number of rotatable bonds is 3. The van der Waals surface area contributed by atoms with Crippen molar-refractivity contribution in [1.29, 1.82) is 0 Å². The van der Waals surface area contributed by atoms with E-state index in [2.05, 4.69) is 24.1 Å². The molecule has 0 aliphatic carbocycles. The fraction of sp³-hybridized carbons (Fsp3) is 0.444. The first kappa shape index (κ1) is 15.6. The lowest BCUT2D eigenvalue weighted by Crippen LogP contribution is -2.47. The van der Waals surface area contributed by atoms with Crippen LogP contribution in [-0.4, -0.2) is 29.0 Å². The fourth-order valence-corrected chi connectivity index (χ4v) is 3.22. The summed E-state index contributed by atoms with van der Waals surface area (Å²) in [5, 5.41) is 2.91. The van der Waals surface area contributed by atoms with Crippen molar-refractivity contribution in [2.75, 3.05) is 13.1 Å². The molecule has 0 saturated carbocycles. The maximum Gasteiger partial charge on any atom is 0.317 e. The van der Waals surface area contributed by atoms with Crippen molar-refractivity contribution < 1.29 is 9.21 Å². The van der Waals surface area contributed by atoms with Crippen molar-refractivity contribution in [3.63, 3.8) is 0 Å². The first-order valence-electron chi connectivity index (χ1n) is 8.14. The van der Waals surface area contributed by atoms with Gasteiger partial charge in [-0.3, -0.25) is 0 Å². The summed E-state index contributed by atoms with van der Waals surface area (Å²) in [6.07, 6.45) is 2.88. The van der Waals surface area contributed by atoms with Crippen molar-refractivity contribution in [3.8, 4) is 11.3 Å². The average Bonchev–Trinajstić information content (AvgIpc) is 3.01. The van der Waals surface area contributed by atoms with Crippen LogP contribution < -0.4 is 5.32 Å². The molecule has 1 aliphatic rings. The number of nitrogens with zero attached hydrogens (tertiary/aromatic N) is 2. The number of piperidine rings is 1. The van der Waals surface area contributed by atoms with E-state index in [-0.39, 0.29) is 6.03 Å². The summed E-state index contributed by atoms with van der Waals surface area (Å²) in [7, 11) is 0. The minimum Gasteiger partial charge on any atom is -0.439 e. The van der Waals surface area contributed by atoms with E-state index in [1.165, 1.54) is 6.42 Å². The molecule has 2 heterocycles. The van der Waals surface area contributed by atoms with E-state index in [1.807, 2.05) is 35.2 Å². The van der Waals surface area contributed by atoms with E-state index in [9.17, 15) is 4.79 Å². The van der Waals surface area contributed by atoms with E-state index in [1.54, 1.807) is 6.20 Å². The molecule has 2 atom stereocenters. The highest BCUT2D eigenvalue weighted by atomic mass is 16.4. The highest BCUT2D eigenvalue weighted by Gasteiger charge is 2.25. The Bertz CT molecular complexity index is 643. The zero-order valence-electron chi connectivity index (χ0n) is 13.7. The molecule has 5 heteroatoms. The van der Waals surface area contributed by atoms with Crippen molar-refractivity contribution in [2.24, 2.45) is 11.8 Å². The molecule has 122 valence electrons. The van der Waals surface area contributed by atoms with Gasteiger partial charge in [0.05, 0.1) is 12.7 Å². The van der Waals surface area contributed by atoms with Crippen LogP contribution in [0, 0.1) is 11.8 Å². The Labute approximate surface area is 136 Å². The Morgan fingerprint density at radius 1 is 1.26 bits per heavy atom. The number of nitrogens with one attached hydrogen (secondary N) is 1. The number of oxazole rings is 1. The van der Waals surface area contributed by atoms with E-state index >= 15 is 0 Å². The third kappa shape index (κ3) is 3.92. The maximum absolute atomic E-state index is 12.3. The van der Waals surface area contributed by atoms with Crippen molar-refractivity contribution in [1.82, 2.24) is 15.2 Å². The van der Waals surface area contributed by atoms with Gasteiger partial charge in [-0.15, -0.1) is 0 Å². The lowest BCUT2D eigenvalue weighted by Gasteiger charge is -2.34. The molecular weight excluding hydrogens is 290 g/mol. The predicted molar refractivity (Wildman–Crippen MR) is 88.7 cm³/mol. The predicted octanol–water partition coefficient (Wildman–Crippen LogP) is 3.53. The number of carbonyl (C=O) groups is 1. The van der Waals surface area contributed by atoms with Gasteiger partial charge in [0, 0.05) is 18.7 Å². The van der Waals surface area contributed by atoms with Gasteiger partial charge in [0.15, 0.2) is 5.76 Å². The molecule has 1 aliphatic heterocycles. The Morgan fingerprint density at radius 3 is 2.65 bits per heavy atom. The van der Waals surface area contributed by atoms with Gasteiger partial charge in [-0.2, -0.15) is 0 Å². The first-order valence-corrected chi connectivity index (χ1v) is 8.14.